The lowest BCUT2D eigenvalue weighted by atomic mass is 10.3. The lowest BCUT2D eigenvalue weighted by Crippen LogP contribution is -2.31. The van der Waals surface area contributed by atoms with Gasteiger partial charge in [-0.05, 0) is 37.1 Å². The van der Waals surface area contributed by atoms with Crippen molar-refractivity contribution in [3.63, 3.8) is 0 Å². The predicted octanol–water partition coefficient (Wildman–Crippen LogP) is 1.10. The molecule has 0 aliphatic carbocycles. The molecule has 190 valence electrons. The van der Waals surface area contributed by atoms with E-state index in [-0.39, 0.29) is 0 Å². The summed E-state index contributed by atoms with van der Waals surface area (Å²) in [4.78, 5) is -1.16. The Labute approximate surface area is 202 Å². The van der Waals surface area contributed by atoms with E-state index in [1.54, 1.807) is 0 Å². The van der Waals surface area contributed by atoms with Crippen molar-refractivity contribution in [3.05, 3.63) is 60.7 Å². The quantitative estimate of drug-likeness (QED) is 0.357. The van der Waals surface area contributed by atoms with Crippen molar-refractivity contribution in [1.29, 1.82) is 0 Å². The normalized spacial score (nSPS) is 11.3. The number of rotatable bonds is 6. The molecular formula is C22H34N4O6S2. The maximum Gasteiger partial charge on any atom is 0.255 e. The number of hydrogen-bond acceptors (Lipinski definition) is 6. The first-order chi connectivity index (χ1) is 15.7. The smallest absolute Gasteiger partial charge is 0.255 e. The Balaban J connectivity index is 0.000000261. The molecule has 3 rings (SSSR count). The van der Waals surface area contributed by atoms with Crippen LogP contribution in [0, 0.1) is 0 Å². The fourth-order valence-corrected chi connectivity index (χ4v) is 4.11. The van der Waals surface area contributed by atoms with Crippen molar-refractivity contribution in [2.24, 2.45) is 28.2 Å². The van der Waals surface area contributed by atoms with Gasteiger partial charge >= 0.3 is 0 Å². The Morgan fingerprint density at radius 2 is 1.00 bits per heavy atom. The van der Waals surface area contributed by atoms with Crippen LogP contribution in [0.1, 0.15) is 38.3 Å². The summed E-state index contributed by atoms with van der Waals surface area (Å²) in [5.41, 5.74) is 0. The number of aryl methyl sites for hydroxylation is 4. The van der Waals surface area contributed by atoms with E-state index >= 15 is 0 Å². The molecule has 12 heteroatoms. The van der Waals surface area contributed by atoms with E-state index in [0.717, 1.165) is 24.3 Å². The van der Waals surface area contributed by atoms with Crippen LogP contribution in [0.4, 0.5) is 0 Å². The van der Waals surface area contributed by atoms with E-state index in [9.17, 15) is 25.9 Å². The summed E-state index contributed by atoms with van der Waals surface area (Å²) in [5, 5.41) is 0. The van der Waals surface area contributed by atoms with Crippen molar-refractivity contribution < 1.29 is 35.1 Å². The largest absolute Gasteiger partial charge is 0.744 e. The van der Waals surface area contributed by atoms with Crippen LogP contribution in [-0.4, -0.2) is 35.1 Å². The molecule has 0 aliphatic rings. The lowest BCUT2D eigenvalue weighted by molar-refractivity contribution is -0.678. The lowest BCUT2D eigenvalue weighted by Gasteiger charge is -2.09. The molecule has 0 saturated heterocycles. The average molecular weight is 515 g/mol. The minimum atomic E-state index is -4.61. The molecule has 3 aromatic rings. The topological polar surface area (TPSA) is 132 Å². The molecule has 34 heavy (non-hydrogen) atoms. The first-order valence-corrected chi connectivity index (χ1v) is 13.6. The monoisotopic (exact) mass is 514 g/mol. The molecule has 0 atom stereocenters. The van der Waals surface area contributed by atoms with E-state index in [1.807, 2.05) is 0 Å². The summed E-state index contributed by atoms with van der Waals surface area (Å²) >= 11 is 0. The molecule has 0 amide bonds. The number of nitrogens with zero attached hydrogens (tertiary/aromatic N) is 4. The van der Waals surface area contributed by atoms with Crippen molar-refractivity contribution >= 4 is 20.2 Å². The molecule has 1 aromatic carbocycles. The van der Waals surface area contributed by atoms with E-state index in [0.29, 0.717) is 0 Å². The third-order valence-electron chi connectivity index (χ3n) is 5.00. The fraction of sp³-hybridized carbons (Fsp3) is 0.455. The number of imidazole rings is 2. The Hall–Kier alpha value is -2.54. The summed E-state index contributed by atoms with van der Waals surface area (Å²) in [6, 6.07) is 3.08. The highest BCUT2D eigenvalue weighted by Crippen LogP contribution is 2.13. The van der Waals surface area contributed by atoms with E-state index < -0.39 is 30.0 Å². The number of aromatic nitrogens is 4. The van der Waals surface area contributed by atoms with Crippen LogP contribution in [0.2, 0.25) is 0 Å². The Morgan fingerprint density at radius 1 is 0.706 bits per heavy atom. The Morgan fingerprint density at radius 3 is 1.18 bits per heavy atom. The van der Waals surface area contributed by atoms with Gasteiger partial charge in [0, 0.05) is 12.8 Å². The minimum absolute atomic E-state index is 0.579. The van der Waals surface area contributed by atoms with E-state index in [2.05, 4.69) is 85.1 Å². The first kappa shape index (κ1) is 29.5. The summed E-state index contributed by atoms with van der Waals surface area (Å²) in [6.07, 6.45) is 13.1. The van der Waals surface area contributed by atoms with Crippen molar-refractivity contribution in [2.45, 2.75) is 49.3 Å². The van der Waals surface area contributed by atoms with Crippen LogP contribution in [0.15, 0.2) is 58.8 Å². The van der Waals surface area contributed by atoms with E-state index in [1.165, 1.54) is 37.3 Å². The summed E-state index contributed by atoms with van der Waals surface area (Å²) < 4.78 is 71.1. The SMILES string of the molecule is CCCc1n(C)cc[n+]1C.CCCc1n(C)cc[n+]1C.O=S(=O)([O-])c1ccc(S(=O)(=O)[O-])cc1. The number of benzene rings is 1. The zero-order valence-electron chi connectivity index (χ0n) is 20.5. The van der Waals surface area contributed by atoms with Gasteiger partial charge in [0.25, 0.3) is 11.6 Å². The van der Waals surface area contributed by atoms with Crippen molar-refractivity contribution in [1.82, 2.24) is 9.13 Å². The highest BCUT2D eigenvalue weighted by atomic mass is 32.2. The van der Waals surface area contributed by atoms with Crippen LogP contribution in [0.3, 0.4) is 0 Å². The standard InChI is InChI=1S/2C8H15N2.C6H6O6S2/c2*1-4-5-8-9(2)6-7-10(8)3;7-13(8,9)5-1-2-6(4-3-5)14(10,11)12/h2*6-7H,4-5H2,1-3H3;1-4H,(H,7,8,9)(H,10,11,12)/q2*+1;/p-2. The van der Waals surface area contributed by atoms with Crippen LogP contribution < -0.4 is 9.13 Å². The second-order valence-electron chi connectivity index (χ2n) is 7.75. The highest BCUT2D eigenvalue weighted by molar-refractivity contribution is 7.86. The highest BCUT2D eigenvalue weighted by Gasteiger charge is 2.09. The molecule has 0 fully saturated rings. The van der Waals surface area contributed by atoms with E-state index in [4.69, 9.17) is 0 Å². The van der Waals surface area contributed by atoms with Gasteiger partial charge in [-0.1, -0.05) is 13.8 Å². The van der Waals surface area contributed by atoms with Gasteiger partial charge in [-0.25, -0.2) is 35.1 Å². The molecular weight excluding hydrogens is 480 g/mol. The maximum absolute atomic E-state index is 10.4. The molecule has 0 unspecified atom stereocenters. The van der Waals surface area contributed by atoms with Gasteiger partial charge in [-0.3, -0.25) is 0 Å². The Bertz CT molecular complexity index is 1120. The summed E-state index contributed by atoms with van der Waals surface area (Å²) in [5.74, 6) is 2.78. The molecule has 0 radical (unpaired) electrons. The molecule has 0 spiro atoms. The van der Waals surface area contributed by atoms with Gasteiger partial charge in [0.2, 0.25) is 0 Å². The fourth-order valence-electron chi connectivity index (χ4n) is 3.17. The molecule has 0 bridgehead atoms. The zero-order chi connectivity index (χ0) is 26.1. The van der Waals surface area contributed by atoms with Gasteiger partial charge < -0.3 is 9.11 Å². The van der Waals surface area contributed by atoms with Crippen LogP contribution in [-0.2, 0) is 61.3 Å². The van der Waals surface area contributed by atoms with Gasteiger partial charge in [0.15, 0.2) is 0 Å². The molecule has 10 nitrogen and oxygen atoms in total. The molecule has 0 N–H and O–H groups in total. The van der Waals surface area contributed by atoms with Crippen molar-refractivity contribution in [3.8, 4) is 0 Å². The average Bonchev–Trinajstić information content (AvgIpc) is 3.24. The zero-order valence-corrected chi connectivity index (χ0v) is 22.1. The third kappa shape index (κ3) is 9.01. The summed E-state index contributed by atoms with van der Waals surface area (Å²) in [6.45, 7) is 4.40. The maximum atomic E-state index is 10.4. The van der Waals surface area contributed by atoms with Crippen molar-refractivity contribution in [2.75, 3.05) is 0 Å². The molecule has 0 saturated carbocycles. The van der Waals surface area contributed by atoms with Crippen LogP contribution >= 0.6 is 0 Å². The summed E-state index contributed by atoms with van der Waals surface area (Å²) in [7, 11) is -0.871. The van der Waals surface area contributed by atoms with Gasteiger partial charge in [0.05, 0.1) is 38.0 Å². The second-order valence-corrected chi connectivity index (χ2v) is 10.5. The minimum Gasteiger partial charge on any atom is -0.744 e. The number of hydrogen-bond donors (Lipinski definition) is 0. The van der Waals surface area contributed by atoms with Crippen LogP contribution in [0.25, 0.3) is 0 Å². The molecule has 0 aliphatic heterocycles. The van der Waals surface area contributed by atoms with Gasteiger partial charge in [0.1, 0.15) is 45.0 Å². The third-order valence-corrected chi connectivity index (χ3v) is 6.70. The second kappa shape index (κ2) is 12.8. The van der Waals surface area contributed by atoms with Gasteiger partial charge in [-0.15, -0.1) is 0 Å². The molecule has 2 aromatic heterocycles. The Kier molecular flexibility index (Phi) is 11.1. The van der Waals surface area contributed by atoms with Gasteiger partial charge in [-0.2, -0.15) is 0 Å². The first-order valence-electron chi connectivity index (χ1n) is 10.7. The van der Waals surface area contributed by atoms with Crippen LogP contribution in [0.5, 0.6) is 0 Å². The predicted molar refractivity (Wildman–Crippen MR) is 124 cm³/mol. The molecule has 2 heterocycles.